The van der Waals surface area contributed by atoms with Crippen molar-refractivity contribution in [1.82, 2.24) is 9.62 Å². The van der Waals surface area contributed by atoms with Crippen LogP contribution in [0.4, 0.5) is 4.39 Å². The van der Waals surface area contributed by atoms with Gasteiger partial charge in [0.1, 0.15) is 0 Å². The van der Waals surface area contributed by atoms with Gasteiger partial charge >= 0.3 is 0 Å². The minimum absolute atomic E-state index is 0. The van der Waals surface area contributed by atoms with Crippen molar-refractivity contribution in [3.05, 3.63) is 24.0 Å². The first kappa shape index (κ1) is 17.5. The second kappa shape index (κ2) is 6.31. The molecule has 0 radical (unpaired) electrons. The number of nitrogens with zero attached hydrogens (tertiary/aromatic N) is 1. The first-order valence-corrected chi connectivity index (χ1v) is 8.45. The number of ether oxygens (including phenoxy) is 1. The summed E-state index contributed by atoms with van der Waals surface area (Å²) in [6.07, 6.45) is 1.86. The highest BCUT2D eigenvalue weighted by atomic mass is 35.5. The van der Waals surface area contributed by atoms with E-state index >= 15 is 0 Å². The number of nitrogens with one attached hydrogen (secondary N) is 1. The summed E-state index contributed by atoms with van der Waals surface area (Å²) in [6, 6.07) is 3.78. The highest BCUT2D eigenvalue weighted by Crippen LogP contribution is 2.38. The van der Waals surface area contributed by atoms with Crippen molar-refractivity contribution < 1.29 is 17.5 Å². The van der Waals surface area contributed by atoms with Gasteiger partial charge in [-0.05, 0) is 43.0 Å². The number of methoxy groups -OCH3 is 1. The van der Waals surface area contributed by atoms with Crippen LogP contribution in [0, 0.1) is 11.2 Å². The molecule has 5 nitrogen and oxygen atoms in total. The minimum Gasteiger partial charge on any atom is -0.494 e. The monoisotopic (exact) mass is 350 g/mol. The smallest absolute Gasteiger partial charge is 0.243 e. The molecule has 22 heavy (non-hydrogen) atoms. The van der Waals surface area contributed by atoms with Crippen LogP contribution in [0.1, 0.15) is 12.8 Å². The van der Waals surface area contributed by atoms with E-state index in [2.05, 4.69) is 5.32 Å². The Hall–Kier alpha value is -0.890. The predicted octanol–water partition coefficient (Wildman–Crippen LogP) is 1.63. The second-order valence-corrected chi connectivity index (χ2v) is 7.75. The van der Waals surface area contributed by atoms with Gasteiger partial charge in [-0.25, -0.2) is 12.8 Å². The van der Waals surface area contributed by atoms with Gasteiger partial charge < -0.3 is 10.1 Å². The molecule has 3 rings (SSSR count). The fraction of sp³-hybridized carbons (Fsp3) is 0.571. The third kappa shape index (κ3) is 2.95. The molecular formula is C14H20ClFN2O3S. The van der Waals surface area contributed by atoms with Crippen molar-refractivity contribution in [3.8, 4) is 5.75 Å². The Morgan fingerprint density at radius 3 is 2.73 bits per heavy atom. The lowest BCUT2D eigenvalue weighted by atomic mass is 9.87. The molecule has 0 bridgehead atoms. The molecule has 0 aliphatic carbocycles. The molecule has 0 amide bonds. The molecule has 2 saturated heterocycles. The third-order valence-electron chi connectivity index (χ3n) is 4.50. The molecule has 2 aliphatic heterocycles. The zero-order valence-corrected chi connectivity index (χ0v) is 14.0. The molecule has 1 spiro atoms. The minimum atomic E-state index is -3.64. The quantitative estimate of drug-likeness (QED) is 0.900. The maximum atomic E-state index is 13.7. The maximum absolute atomic E-state index is 13.7. The molecule has 124 valence electrons. The topological polar surface area (TPSA) is 58.6 Å². The second-order valence-electron chi connectivity index (χ2n) is 5.81. The highest BCUT2D eigenvalue weighted by molar-refractivity contribution is 7.89. The lowest BCUT2D eigenvalue weighted by Crippen LogP contribution is -2.33. The van der Waals surface area contributed by atoms with E-state index in [0.717, 1.165) is 32.0 Å². The molecule has 0 saturated carbocycles. The first-order chi connectivity index (χ1) is 9.97. The van der Waals surface area contributed by atoms with E-state index in [1.54, 1.807) is 0 Å². The van der Waals surface area contributed by atoms with E-state index in [-0.39, 0.29) is 28.5 Å². The average molecular weight is 351 g/mol. The largest absolute Gasteiger partial charge is 0.494 e. The van der Waals surface area contributed by atoms with Gasteiger partial charge in [-0.1, -0.05) is 0 Å². The van der Waals surface area contributed by atoms with Crippen LogP contribution in [0.3, 0.4) is 0 Å². The van der Waals surface area contributed by atoms with E-state index < -0.39 is 15.8 Å². The standard InChI is InChI=1S/C14H19FN2O3S.ClH/c1-20-13-3-2-11(8-12(13)15)21(18,19)17-7-5-14(10-17)4-6-16-9-14;/h2-3,8,16H,4-7,9-10H2,1H3;1H. The third-order valence-corrected chi connectivity index (χ3v) is 6.34. The van der Waals surface area contributed by atoms with E-state index in [9.17, 15) is 12.8 Å². The summed E-state index contributed by atoms with van der Waals surface area (Å²) in [5, 5.41) is 3.29. The molecule has 8 heteroatoms. The molecule has 2 heterocycles. The van der Waals surface area contributed by atoms with Crippen molar-refractivity contribution >= 4 is 22.4 Å². The zero-order valence-electron chi connectivity index (χ0n) is 12.3. The SMILES string of the molecule is COc1ccc(S(=O)(=O)N2CCC3(CCNC3)C2)cc1F.Cl. The molecule has 2 fully saturated rings. The average Bonchev–Trinajstić information content (AvgIpc) is 3.10. The molecule has 1 atom stereocenters. The molecule has 0 aromatic heterocycles. The maximum Gasteiger partial charge on any atom is 0.243 e. The number of hydrogen-bond acceptors (Lipinski definition) is 4. The van der Waals surface area contributed by atoms with Crippen molar-refractivity contribution in [3.63, 3.8) is 0 Å². The Morgan fingerprint density at radius 2 is 2.14 bits per heavy atom. The van der Waals surface area contributed by atoms with Crippen LogP contribution >= 0.6 is 12.4 Å². The Balaban J connectivity index is 0.00000176. The number of halogens is 2. The summed E-state index contributed by atoms with van der Waals surface area (Å²) in [6.45, 7) is 2.80. The van der Waals surface area contributed by atoms with Gasteiger partial charge in [0, 0.05) is 19.6 Å². The molecule has 1 aromatic carbocycles. The zero-order chi connectivity index (χ0) is 15.1. The van der Waals surface area contributed by atoms with Crippen LogP contribution in [0.5, 0.6) is 5.75 Å². The number of rotatable bonds is 3. The van der Waals surface area contributed by atoms with Gasteiger partial charge in [0.05, 0.1) is 12.0 Å². The van der Waals surface area contributed by atoms with Gasteiger partial charge in [-0.3, -0.25) is 0 Å². The van der Waals surface area contributed by atoms with E-state index in [4.69, 9.17) is 4.74 Å². The molecular weight excluding hydrogens is 331 g/mol. The summed E-state index contributed by atoms with van der Waals surface area (Å²) < 4.78 is 45.3. The summed E-state index contributed by atoms with van der Waals surface area (Å²) in [5.74, 6) is -0.609. The molecule has 1 aromatic rings. The first-order valence-electron chi connectivity index (χ1n) is 7.01. The summed E-state index contributed by atoms with van der Waals surface area (Å²) in [4.78, 5) is -0.0104. The fourth-order valence-corrected chi connectivity index (χ4v) is 4.77. The van der Waals surface area contributed by atoms with Crippen molar-refractivity contribution in [1.29, 1.82) is 0 Å². The molecule has 2 aliphatic rings. The highest BCUT2D eigenvalue weighted by Gasteiger charge is 2.44. The lowest BCUT2D eigenvalue weighted by Gasteiger charge is -2.22. The molecule has 1 unspecified atom stereocenters. The number of benzene rings is 1. The van der Waals surface area contributed by atoms with Crippen molar-refractivity contribution in [2.24, 2.45) is 5.41 Å². The fourth-order valence-electron chi connectivity index (χ4n) is 3.20. The van der Waals surface area contributed by atoms with Gasteiger partial charge in [-0.2, -0.15) is 4.31 Å². The van der Waals surface area contributed by atoms with Crippen LogP contribution in [0.2, 0.25) is 0 Å². The van der Waals surface area contributed by atoms with Gasteiger partial charge in [0.2, 0.25) is 10.0 Å². The lowest BCUT2D eigenvalue weighted by molar-refractivity contribution is 0.338. The van der Waals surface area contributed by atoms with Gasteiger partial charge in [0.15, 0.2) is 11.6 Å². The van der Waals surface area contributed by atoms with Crippen molar-refractivity contribution in [2.75, 3.05) is 33.3 Å². The summed E-state index contributed by atoms with van der Waals surface area (Å²) >= 11 is 0. The van der Waals surface area contributed by atoms with E-state index in [0.29, 0.717) is 13.1 Å². The van der Waals surface area contributed by atoms with Crippen LogP contribution in [-0.4, -0.2) is 46.0 Å². The van der Waals surface area contributed by atoms with Crippen LogP contribution < -0.4 is 10.1 Å². The van der Waals surface area contributed by atoms with Crippen LogP contribution in [-0.2, 0) is 10.0 Å². The number of sulfonamides is 1. The van der Waals surface area contributed by atoms with E-state index in [1.165, 1.54) is 23.5 Å². The number of hydrogen-bond donors (Lipinski definition) is 1. The predicted molar refractivity (Wildman–Crippen MR) is 83.5 cm³/mol. The normalized spacial score (nSPS) is 25.4. The van der Waals surface area contributed by atoms with Gasteiger partial charge in [-0.15, -0.1) is 12.4 Å². The Morgan fingerprint density at radius 1 is 1.36 bits per heavy atom. The summed E-state index contributed by atoms with van der Waals surface area (Å²) in [7, 11) is -2.29. The van der Waals surface area contributed by atoms with Crippen LogP contribution in [0.25, 0.3) is 0 Å². The van der Waals surface area contributed by atoms with Crippen LogP contribution in [0.15, 0.2) is 23.1 Å². The van der Waals surface area contributed by atoms with E-state index in [1.807, 2.05) is 0 Å². The van der Waals surface area contributed by atoms with Crippen molar-refractivity contribution in [2.45, 2.75) is 17.7 Å². The Labute approximate surface area is 136 Å². The summed E-state index contributed by atoms with van der Waals surface area (Å²) in [5.41, 5.74) is 0.0537. The Kier molecular flexibility index (Phi) is 5.01. The van der Waals surface area contributed by atoms with Gasteiger partial charge in [0.25, 0.3) is 0 Å². The molecule has 1 N–H and O–H groups in total. The Bertz CT molecular complexity index is 647.